The van der Waals surface area contributed by atoms with Crippen LogP contribution in [0.1, 0.15) is 239 Å². The van der Waals surface area contributed by atoms with Crippen LogP contribution in [0.2, 0.25) is 0 Å². The molecule has 0 rings (SSSR count). The fourth-order valence-electron chi connectivity index (χ4n) is 7.11. The van der Waals surface area contributed by atoms with Gasteiger partial charge in [-0.3, -0.25) is 4.79 Å². The number of nitrogens with one attached hydrogen (secondary N) is 1. The van der Waals surface area contributed by atoms with Crippen LogP contribution in [0.5, 0.6) is 0 Å². The molecular weight excluding hydrogens is 675 g/mol. The summed E-state index contributed by atoms with van der Waals surface area (Å²) in [5.74, 6) is -0.0679. The van der Waals surface area contributed by atoms with E-state index in [4.69, 9.17) is 0 Å². The highest BCUT2D eigenvalue weighted by Crippen LogP contribution is 2.16. The second-order valence-corrected chi connectivity index (χ2v) is 16.1. The minimum absolute atomic E-state index is 0.0679. The maximum atomic E-state index is 12.3. The molecule has 0 bridgehead atoms. The summed E-state index contributed by atoms with van der Waals surface area (Å²) in [6.45, 7) is 4.12. The van der Waals surface area contributed by atoms with Gasteiger partial charge < -0.3 is 15.5 Å². The van der Waals surface area contributed by atoms with Crippen LogP contribution in [0.4, 0.5) is 0 Å². The van der Waals surface area contributed by atoms with E-state index >= 15 is 0 Å². The molecule has 0 aliphatic carbocycles. The van der Waals surface area contributed by atoms with E-state index in [0.29, 0.717) is 6.42 Å². The zero-order chi connectivity index (χ0) is 40.0. The van der Waals surface area contributed by atoms with Gasteiger partial charge in [-0.15, -0.1) is 0 Å². The van der Waals surface area contributed by atoms with Crippen LogP contribution in [-0.4, -0.2) is 34.9 Å². The number of carbonyl (C=O) groups is 1. The lowest BCUT2D eigenvalue weighted by atomic mass is 10.0. The molecule has 2 atom stereocenters. The average molecular weight is 768 g/mol. The van der Waals surface area contributed by atoms with Crippen molar-refractivity contribution in [2.24, 2.45) is 0 Å². The zero-order valence-corrected chi connectivity index (χ0v) is 36.7. The number of carbonyl (C=O) groups excluding carboxylic acids is 1. The van der Waals surface area contributed by atoms with E-state index in [1.165, 1.54) is 167 Å². The standard InChI is InChI=1S/C51H93NO3/c1-3-5-7-9-11-12-13-14-15-16-17-18-19-20-21-22-23-24-25-26-27-28-29-30-31-32-33-34-35-36-37-38-39-40-41-43-45-47-51(55)52-49(48-53)50(54)46-44-42-10-8-6-4-2/h5,7,11-12,14-15,17-18,44,46,49-50,53-54H,3-4,6,8-10,13,16,19-43,45,47-48H2,1-2H3,(H,52,55)/b7-5-,12-11-,15-14-,18-17-,46-44+. The summed E-state index contributed by atoms with van der Waals surface area (Å²) in [4.78, 5) is 12.3. The van der Waals surface area contributed by atoms with E-state index in [-0.39, 0.29) is 12.5 Å². The van der Waals surface area contributed by atoms with Gasteiger partial charge in [-0.1, -0.05) is 235 Å². The molecule has 0 aliphatic rings. The largest absolute Gasteiger partial charge is 0.394 e. The number of amides is 1. The molecule has 0 saturated carbocycles. The maximum absolute atomic E-state index is 12.3. The summed E-state index contributed by atoms with van der Waals surface area (Å²) in [6, 6.07) is -0.617. The molecule has 0 aromatic heterocycles. The second kappa shape index (κ2) is 46.5. The number of allylic oxidation sites excluding steroid dienone is 9. The van der Waals surface area contributed by atoms with Gasteiger partial charge in [0.05, 0.1) is 18.8 Å². The summed E-state index contributed by atoms with van der Waals surface area (Å²) >= 11 is 0. The Morgan fingerprint density at radius 2 is 0.800 bits per heavy atom. The minimum atomic E-state index is -0.834. The van der Waals surface area contributed by atoms with Crippen molar-refractivity contribution in [1.29, 1.82) is 0 Å². The molecule has 0 aromatic carbocycles. The Bertz CT molecular complexity index is 919. The zero-order valence-electron chi connectivity index (χ0n) is 36.7. The second-order valence-electron chi connectivity index (χ2n) is 16.1. The topological polar surface area (TPSA) is 69.6 Å². The lowest BCUT2D eigenvalue weighted by Gasteiger charge is -2.20. The van der Waals surface area contributed by atoms with Crippen LogP contribution in [0.25, 0.3) is 0 Å². The van der Waals surface area contributed by atoms with Crippen molar-refractivity contribution in [3.8, 4) is 0 Å². The first kappa shape index (κ1) is 53.1. The Hall–Kier alpha value is -1.91. The highest BCUT2D eigenvalue weighted by molar-refractivity contribution is 5.76. The Balaban J connectivity index is 3.35. The molecule has 55 heavy (non-hydrogen) atoms. The monoisotopic (exact) mass is 768 g/mol. The maximum Gasteiger partial charge on any atom is 0.220 e. The number of aliphatic hydroxyl groups excluding tert-OH is 2. The lowest BCUT2D eigenvalue weighted by Crippen LogP contribution is -2.45. The fraction of sp³-hybridized carbons (Fsp3) is 0.784. The molecule has 320 valence electrons. The van der Waals surface area contributed by atoms with Crippen molar-refractivity contribution in [3.05, 3.63) is 60.8 Å². The smallest absolute Gasteiger partial charge is 0.220 e. The molecule has 4 heteroatoms. The molecule has 4 nitrogen and oxygen atoms in total. The summed E-state index contributed by atoms with van der Waals surface area (Å²) in [5, 5.41) is 22.7. The number of rotatable bonds is 43. The van der Waals surface area contributed by atoms with Crippen molar-refractivity contribution in [1.82, 2.24) is 5.32 Å². The minimum Gasteiger partial charge on any atom is -0.394 e. The first-order valence-corrected chi connectivity index (χ1v) is 24.0. The van der Waals surface area contributed by atoms with E-state index in [1.54, 1.807) is 6.08 Å². The van der Waals surface area contributed by atoms with Gasteiger partial charge in [0.15, 0.2) is 0 Å². The SMILES string of the molecule is CC/C=C\C/C=C\C/C=C\C/C=C\CCCCCCCCCCCCCCCCCCCCCCCCCCC(=O)NC(CO)C(O)/C=C/CCCCCC. The molecule has 2 unspecified atom stereocenters. The first-order valence-electron chi connectivity index (χ1n) is 24.0. The van der Waals surface area contributed by atoms with Crippen molar-refractivity contribution < 1.29 is 15.0 Å². The Kier molecular flexibility index (Phi) is 44.9. The van der Waals surface area contributed by atoms with Crippen molar-refractivity contribution in [2.45, 2.75) is 251 Å². The highest BCUT2D eigenvalue weighted by Gasteiger charge is 2.17. The summed E-state index contributed by atoms with van der Waals surface area (Å²) in [6.07, 6.45) is 65.4. The molecule has 0 aromatic rings. The highest BCUT2D eigenvalue weighted by atomic mass is 16.3. The van der Waals surface area contributed by atoms with Crippen LogP contribution >= 0.6 is 0 Å². The Morgan fingerprint density at radius 1 is 0.455 bits per heavy atom. The summed E-state index contributed by atoms with van der Waals surface area (Å²) < 4.78 is 0. The van der Waals surface area contributed by atoms with E-state index in [0.717, 1.165) is 51.4 Å². The fourth-order valence-corrected chi connectivity index (χ4v) is 7.11. The molecule has 0 radical (unpaired) electrons. The Labute approximate surface area is 343 Å². The third kappa shape index (κ3) is 43.1. The van der Waals surface area contributed by atoms with E-state index in [9.17, 15) is 15.0 Å². The average Bonchev–Trinajstić information content (AvgIpc) is 3.19. The molecule has 0 fully saturated rings. The predicted octanol–water partition coefficient (Wildman–Crippen LogP) is 15.3. The third-order valence-corrected chi connectivity index (χ3v) is 10.8. The van der Waals surface area contributed by atoms with Gasteiger partial charge >= 0.3 is 0 Å². The van der Waals surface area contributed by atoms with Crippen LogP contribution in [0, 0.1) is 0 Å². The van der Waals surface area contributed by atoms with E-state index in [1.807, 2.05) is 6.08 Å². The van der Waals surface area contributed by atoms with Crippen molar-refractivity contribution in [3.63, 3.8) is 0 Å². The van der Waals surface area contributed by atoms with Crippen LogP contribution in [0.3, 0.4) is 0 Å². The number of aliphatic hydroxyl groups is 2. The summed E-state index contributed by atoms with van der Waals surface area (Å²) in [5.41, 5.74) is 0. The molecule has 0 aliphatic heterocycles. The van der Waals surface area contributed by atoms with E-state index < -0.39 is 12.1 Å². The third-order valence-electron chi connectivity index (χ3n) is 10.8. The molecule has 1 amide bonds. The molecular formula is C51H93NO3. The number of hydrogen-bond acceptors (Lipinski definition) is 3. The van der Waals surface area contributed by atoms with Gasteiger partial charge in [0.2, 0.25) is 5.91 Å². The first-order chi connectivity index (χ1) is 27.2. The lowest BCUT2D eigenvalue weighted by molar-refractivity contribution is -0.123. The number of unbranched alkanes of at least 4 members (excludes halogenated alkanes) is 28. The summed E-state index contributed by atoms with van der Waals surface area (Å²) in [7, 11) is 0. The van der Waals surface area contributed by atoms with Gasteiger partial charge in [-0.2, -0.15) is 0 Å². The predicted molar refractivity (Wildman–Crippen MR) is 244 cm³/mol. The van der Waals surface area contributed by atoms with Gasteiger partial charge in [0.25, 0.3) is 0 Å². The van der Waals surface area contributed by atoms with Crippen molar-refractivity contribution in [2.75, 3.05) is 6.61 Å². The van der Waals surface area contributed by atoms with Crippen LogP contribution in [0.15, 0.2) is 60.8 Å². The Morgan fingerprint density at radius 3 is 1.20 bits per heavy atom. The van der Waals surface area contributed by atoms with Crippen LogP contribution < -0.4 is 5.32 Å². The van der Waals surface area contributed by atoms with Gasteiger partial charge in [0.1, 0.15) is 0 Å². The van der Waals surface area contributed by atoms with Gasteiger partial charge in [-0.25, -0.2) is 0 Å². The van der Waals surface area contributed by atoms with E-state index in [2.05, 4.69) is 67.8 Å². The normalized spacial score (nSPS) is 13.5. The van der Waals surface area contributed by atoms with Gasteiger partial charge in [0, 0.05) is 6.42 Å². The quantitative estimate of drug-likeness (QED) is 0.0427. The van der Waals surface area contributed by atoms with Crippen LogP contribution in [-0.2, 0) is 4.79 Å². The molecule has 0 saturated heterocycles. The molecule has 0 spiro atoms. The van der Waals surface area contributed by atoms with Crippen molar-refractivity contribution >= 4 is 5.91 Å². The molecule has 3 N–H and O–H groups in total. The van der Waals surface area contributed by atoms with Gasteiger partial charge in [-0.05, 0) is 57.8 Å². The number of hydrogen-bond donors (Lipinski definition) is 3. The molecule has 0 heterocycles.